The van der Waals surface area contributed by atoms with Crippen molar-refractivity contribution in [1.29, 1.82) is 0 Å². The first-order valence-electron chi connectivity index (χ1n) is 6.06. The number of hydrogen-bond donors (Lipinski definition) is 1. The Morgan fingerprint density at radius 1 is 1.55 bits per heavy atom. The van der Waals surface area contributed by atoms with Crippen LogP contribution in [0.3, 0.4) is 0 Å². The summed E-state index contributed by atoms with van der Waals surface area (Å²) in [5.41, 5.74) is 0.0474. The second-order valence-electron chi connectivity index (χ2n) is 4.58. The first-order chi connectivity index (χ1) is 9.37. The minimum Gasteiger partial charge on any atom is -0.392 e. The van der Waals surface area contributed by atoms with Crippen molar-refractivity contribution in [1.82, 2.24) is 4.31 Å². The molecule has 1 fully saturated rings. The van der Waals surface area contributed by atoms with Crippen molar-refractivity contribution in [2.45, 2.75) is 24.5 Å². The molecule has 1 unspecified atom stereocenters. The summed E-state index contributed by atoms with van der Waals surface area (Å²) in [7, 11) is -3.84. The van der Waals surface area contributed by atoms with Crippen LogP contribution < -0.4 is 0 Å². The summed E-state index contributed by atoms with van der Waals surface area (Å²) in [6.45, 7) is 1.99. The predicted molar refractivity (Wildman–Crippen MR) is 71.5 cm³/mol. The SMILES string of the molecule is CC1COCCN1S(=O)(=O)c1cc(F)c(Cl)c(CO)c1. The van der Waals surface area contributed by atoms with Gasteiger partial charge < -0.3 is 9.84 Å². The van der Waals surface area contributed by atoms with E-state index >= 15 is 0 Å². The maximum absolute atomic E-state index is 13.7. The van der Waals surface area contributed by atoms with Gasteiger partial charge in [0.1, 0.15) is 5.82 Å². The topological polar surface area (TPSA) is 66.8 Å². The molecule has 1 aliphatic heterocycles. The number of sulfonamides is 1. The van der Waals surface area contributed by atoms with Gasteiger partial charge in [-0.15, -0.1) is 0 Å². The molecule has 112 valence electrons. The molecule has 1 saturated heterocycles. The molecule has 1 heterocycles. The Kier molecular flexibility index (Phi) is 4.66. The van der Waals surface area contributed by atoms with Gasteiger partial charge in [0, 0.05) is 18.2 Å². The van der Waals surface area contributed by atoms with Crippen molar-refractivity contribution in [3.63, 3.8) is 0 Å². The van der Waals surface area contributed by atoms with Crippen LogP contribution in [0.4, 0.5) is 4.39 Å². The van der Waals surface area contributed by atoms with E-state index in [0.717, 1.165) is 6.07 Å². The second-order valence-corrected chi connectivity index (χ2v) is 6.84. The number of aliphatic hydroxyl groups excluding tert-OH is 1. The average molecular weight is 324 g/mol. The highest BCUT2D eigenvalue weighted by molar-refractivity contribution is 7.89. The smallest absolute Gasteiger partial charge is 0.243 e. The number of nitrogens with zero attached hydrogens (tertiary/aromatic N) is 1. The zero-order valence-corrected chi connectivity index (χ0v) is 12.4. The molecule has 1 N–H and O–H groups in total. The van der Waals surface area contributed by atoms with Crippen molar-refractivity contribution >= 4 is 21.6 Å². The predicted octanol–water partition coefficient (Wildman–Crippen LogP) is 1.38. The molecule has 0 aromatic heterocycles. The van der Waals surface area contributed by atoms with Crippen LogP contribution in [0.1, 0.15) is 12.5 Å². The van der Waals surface area contributed by atoms with Crippen LogP contribution in [-0.2, 0) is 21.4 Å². The van der Waals surface area contributed by atoms with E-state index in [1.54, 1.807) is 6.92 Å². The largest absolute Gasteiger partial charge is 0.392 e. The van der Waals surface area contributed by atoms with Crippen LogP contribution in [0, 0.1) is 5.82 Å². The number of benzene rings is 1. The van der Waals surface area contributed by atoms with Crippen molar-refractivity contribution < 1.29 is 22.7 Å². The molecule has 2 rings (SSSR count). The summed E-state index contributed by atoms with van der Waals surface area (Å²) >= 11 is 5.67. The van der Waals surface area contributed by atoms with E-state index in [2.05, 4.69) is 0 Å². The summed E-state index contributed by atoms with van der Waals surface area (Å²) < 4.78 is 45.1. The fourth-order valence-corrected chi connectivity index (χ4v) is 3.92. The van der Waals surface area contributed by atoms with Gasteiger partial charge in [-0.05, 0) is 19.1 Å². The molecule has 0 aliphatic carbocycles. The minimum absolute atomic E-state index is 0.0474. The van der Waals surface area contributed by atoms with Gasteiger partial charge in [0.15, 0.2) is 0 Å². The van der Waals surface area contributed by atoms with Gasteiger partial charge in [-0.25, -0.2) is 12.8 Å². The lowest BCUT2D eigenvalue weighted by Crippen LogP contribution is -2.46. The summed E-state index contributed by atoms with van der Waals surface area (Å²) in [4.78, 5) is -0.211. The monoisotopic (exact) mass is 323 g/mol. The van der Waals surface area contributed by atoms with E-state index in [-0.39, 0.29) is 28.1 Å². The Morgan fingerprint density at radius 2 is 2.25 bits per heavy atom. The number of aliphatic hydroxyl groups is 1. The molecule has 20 heavy (non-hydrogen) atoms. The lowest BCUT2D eigenvalue weighted by molar-refractivity contribution is 0.0392. The zero-order chi connectivity index (χ0) is 14.9. The summed E-state index contributed by atoms with van der Waals surface area (Å²) in [6.07, 6.45) is 0. The molecular formula is C12H15ClFNO4S. The highest BCUT2D eigenvalue weighted by Crippen LogP contribution is 2.27. The fourth-order valence-electron chi connectivity index (χ4n) is 2.09. The first-order valence-corrected chi connectivity index (χ1v) is 7.88. The van der Waals surface area contributed by atoms with Gasteiger partial charge in [0.25, 0.3) is 0 Å². The Hall–Kier alpha value is -0.730. The molecule has 0 radical (unpaired) electrons. The van der Waals surface area contributed by atoms with Crippen molar-refractivity contribution in [2.24, 2.45) is 0 Å². The van der Waals surface area contributed by atoms with E-state index in [0.29, 0.717) is 13.2 Å². The number of morpholine rings is 1. The maximum Gasteiger partial charge on any atom is 0.243 e. The van der Waals surface area contributed by atoms with Crippen LogP contribution in [0.2, 0.25) is 5.02 Å². The van der Waals surface area contributed by atoms with Gasteiger partial charge in [-0.1, -0.05) is 11.6 Å². The molecular weight excluding hydrogens is 309 g/mol. The standard InChI is InChI=1S/C12H15ClFNO4S/c1-8-7-19-3-2-15(8)20(17,18)10-4-9(6-16)12(13)11(14)5-10/h4-5,8,16H,2-3,6-7H2,1H3. The minimum atomic E-state index is -3.84. The molecule has 0 bridgehead atoms. The zero-order valence-electron chi connectivity index (χ0n) is 10.8. The summed E-state index contributed by atoms with van der Waals surface area (Å²) in [5.74, 6) is -0.863. The van der Waals surface area contributed by atoms with Gasteiger partial charge in [-0.3, -0.25) is 0 Å². The van der Waals surface area contributed by atoms with Crippen LogP contribution in [0.25, 0.3) is 0 Å². The molecule has 5 nitrogen and oxygen atoms in total. The highest BCUT2D eigenvalue weighted by atomic mass is 35.5. The van der Waals surface area contributed by atoms with Gasteiger partial charge in [0.05, 0.1) is 29.7 Å². The van der Waals surface area contributed by atoms with Crippen molar-refractivity contribution in [3.8, 4) is 0 Å². The second kappa shape index (κ2) is 5.95. The Morgan fingerprint density at radius 3 is 2.85 bits per heavy atom. The highest BCUT2D eigenvalue weighted by Gasteiger charge is 2.32. The molecule has 1 aromatic rings. The van der Waals surface area contributed by atoms with Gasteiger partial charge >= 0.3 is 0 Å². The Balaban J connectivity index is 2.46. The third-order valence-corrected chi connectivity index (χ3v) is 5.58. The molecule has 0 spiro atoms. The number of rotatable bonds is 3. The third-order valence-electron chi connectivity index (χ3n) is 3.16. The summed E-state index contributed by atoms with van der Waals surface area (Å²) in [6, 6.07) is 1.74. The van der Waals surface area contributed by atoms with Gasteiger partial charge in [0.2, 0.25) is 10.0 Å². The number of halogens is 2. The van der Waals surface area contributed by atoms with Crippen LogP contribution in [-0.4, -0.2) is 43.6 Å². The van der Waals surface area contributed by atoms with Crippen LogP contribution in [0.5, 0.6) is 0 Å². The van der Waals surface area contributed by atoms with E-state index in [4.69, 9.17) is 21.4 Å². The fraction of sp³-hybridized carbons (Fsp3) is 0.500. The van der Waals surface area contributed by atoms with E-state index < -0.39 is 22.4 Å². The molecule has 1 atom stereocenters. The van der Waals surface area contributed by atoms with Crippen molar-refractivity contribution in [2.75, 3.05) is 19.8 Å². The number of hydrogen-bond acceptors (Lipinski definition) is 4. The lowest BCUT2D eigenvalue weighted by atomic mass is 10.2. The molecule has 8 heteroatoms. The summed E-state index contributed by atoms with van der Waals surface area (Å²) in [5, 5.41) is 8.85. The quantitative estimate of drug-likeness (QED) is 0.912. The molecule has 0 amide bonds. The Labute approximate surface area is 122 Å². The van der Waals surface area contributed by atoms with E-state index in [9.17, 15) is 12.8 Å². The third kappa shape index (κ3) is 2.82. The lowest BCUT2D eigenvalue weighted by Gasteiger charge is -2.32. The van der Waals surface area contributed by atoms with Crippen LogP contribution >= 0.6 is 11.6 Å². The first kappa shape index (κ1) is 15.7. The van der Waals surface area contributed by atoms with Crippen LogP contribution in [0.15, 0.2) is 17.0 Å². The molecule has 1 aromatic carbocycles. The number of ether oxygens (including phenoxy) is 1. The maximum atomic E-state index is 13.7. The normalized spacial score (nSPS) is 21.1. The molecule has 1 aliphatic rings. The van der Waals surface area contributed by atoms with E-state index in [1.165, 1.54) is 10.4 Å². The van der Waals surface area contributed by atoms with Gasteiger partial charge in [-0.2, -0.15) is 4.31 Å². The van der Waals surface area contributed by atoms with E-state index in [1.807, 2.05) is 0 Å². The Bertz CT molecular complexity index is 608. The average Bonchev–Trinajstić information content (AvgIpc) is 2.41. The van der Waals surface area contributed by atoms with Crippen molar-refractivity contribution in [3.05, 3.63) is 28.5 Å². The molecule has 0 saturated carbocycles.